The highest BCUT2D eigenvalue weighted by Crippen LogP contribution is 2.30. The van der Waals surface area contributed by atoms with E-state index in [-0.39, 0.29) is 5.54 Å². The van der Waals surface area contributed by atoms with Crippen molar-refractivity contribution in [2.45, 2.75) is 25.8 Å². The Bertz CT molecular complexity index is 420. The van der Waals surface area contributed by atoms with E-state index < -0.39 is 0 Å². The van der Waals surface area contributed by atoms with Gasteiger partial charge in [-0.25, -0.2) is 0 Å². The normalized spacial score (nSPS) is 19.4. The Hall–Kier alpha value is -0.930. The number of nitrogens with one attached hydrogen (secondary N) is 1. The molecule has 3 nitrogen and oxygen atoms in total. The maximum Gasteiger partial charge on any atom is 0.139 e. The van der Waals surface area contributed by atoms with Gasteiger partial charge < -0.3 is 15.0 Å². The summed E-state index contributed by atoms with van der Waals surface area (Å²) in [5.74, 6) is 0.740. The van der Waals surface area contributed by atoms with Gasteiger partial charge in [0, 0.05) is 30.4 Å². The number of halogens is 1. The Morgan fingerprint density at radius 3 is 2.89 bits per heavy atom. The maximum absolute atomic E-state index is 6.07. The quantitative estimate of drug-likeness (QED) is 0.893. The Kier molecular flexibility index (Phi) is 4.03. The second kappa shape index (κ2) is 5.37. The zero-order chi connectivity index (χ0) is 13.2. The fourth-order valence-corrected chi connectivity index (χ4v) is 2.57. The molecule has 0 amide bonds. The smallest absolute Gasteiger partial charge is 0.139 e. The van der Waals surface area contributed by atoms with Crippen molar-refractivity contribution in [3.63, 3.8) is 0 Å². The molecule has 1 heterocycles. The molecule has 0 unspecified atom stereocenters. The van der Waals surface area contributed by atoms with E-state index in [2.05, 4.69) is 30.1 Å². The zero-order valence-corrected chi connectivity index (χ0v) is 12.0. The number of hydrogen-bond acceptors (Lipinski definition) is 3. The van der Waals surface area contributed by atoms with Crippen molar-refractivity contribution in [2.75, 3.05) is 31.6 Å². The standard InChI is InChI=1S/C14H21ClN2O/c1-14(2)10-17(8-4-7-16-14)11-5-6-12(15)13(9-11)18-3/h5-6,9,16H,4,7-8,10H2,1-3H3. The second-order valence-electron chi connectivity index (χ2n) is 5.40. The summed E-state index contributed by atoms with van der Waals surface area (Å²) in [6, 6.07) is 5.98. The van der Waals surface area contributed by atoms with Crippen LogP contribution in [-0.4, -0.2) is 32.3 Å². The van der Waals surface area contributed by atoms with Crippen LogP contribution in [0.25, 0.3) is 0 Å². The highest BCUT2D eigenvalue weighted by molar-refractivity contribution is 6.32. The van der Waals surface area contributed by atoms with E-state index in [0.29, 0.717) is 5.02 Å². The molecule has 100 valence electrons. The van der Waals surface area contributed by atoms with Crippen molar-refractivity contribution in [3.8, 4) is 5.75 Å². The summed E-state index contributed by atoms with van der Waals surface area (Å²) < 4.78 is 5.29. The third-order valence-corrected chi connectivity index (χ3v) is 3.61. The van der Waals surface area contributed by atoms with Gasteiger partial charge in [0.15, 0.2) is 0 Å². The first-order chi connectivity index (χ1) is 8.52. The van der Waals surface area contributed by atoms with Crippen LogP contribution >= 0.6 is 11.6 Å². The molecular formula is C14H21ClN2O. The number of anilines is 1. The SMILES string of the molecule is COc1cc(N2CCCNC(C)(C)C2)ccc1Cl. The minimum Gasteiger partial charge on any atom is -0.495 e. The van der Waals surface area contributed by atoms with E-state index in [4.69, 9.17) is 16.3 Å². The van der Waals surface area contributed by atoms with E-state index in [1.165, 1.54) is 5.69 Å². The van der Waals surface area contributed by atoms with Gasteiger partial charge in [-0.3, -0.25) is 0 Å². The molecule has 1 saturated heterocycles. The van der Waals surface area contributed by atoms with Gasteiger partial charge in [0.05, 0.1) is 12.1 Å². The lowest BCUT2D eigenvalue weighted by atomic mass is 10.1. The fourth-order valence-electron chi connectivity index (χ4n) is 2.37. The van der Waals surface area contributed by atoms with Gasteiger partial charge in [0.1, 0.15) is 5.75 Å². The molecule has 0 aliphatic carbocycles. The summed E-state index contributed by atoms with van der Waals surface area (Å²) in [4.78, 5) is 2.39. The van der Waals surface area contributed by atoms with Gasteiger partial charge >= 0.3 is 0 Å². The minimum atomic E-state index is 0.128. The van der Waals surface area contributed by atoms with E-state index in [1.54, 1.807) is 7.11 Å². The second-order valence-corrected chi connectivity index (χ2v) is 5.81. The van der Waals surface area contributed by atoms with E-state index in [1.807, 2.05) is 12.1 Å². The van der Waals surface area contributed by atoms with Crippen molar-refractivity contribution in [1.29, 1.82) is 0 Å². The van der Waals surface area contributed by atoms with E-state index in [0.717, 1.165) is 31.8 Å². The molecule has 0 atom stereocenters. The van der Waals surface area contributed by atoms with Crippen LogP contribution in [0.3, 0.4) is 0 Å². The lowest BCUT2D eigenvalue weighted by Crippen LogP contribution is -2.46. The summed E-state index contributed by atoms with van der Waals surface area (Å²) in [7, 11) is 1.65. The lowest BCUT2D eigenvalue weighted by Gasteiger charge is -2.31. The summed E-state index contributed by atoms with van der Waals surface area (Å²) in [6.07, 6.45) is 1.15. The lowest BCUT2D eigenvalue weighted by molar-refractivity contribution is 0.411. The van der Waals surface area contributed by atoms with Gasteiger partial charge in [-0.15, -0.1) is 0 Å². The molecule has 1 N–H and O–H groups in total. The molecule has 0 bridgehead atoms. The molecule has 0 saturated carbocycles. The monoisotopic (exact) mass is 268 g/mol. The molecule has 1 aromatic rings. The summed E-state index contributed by atoms with van der Waals surface area (Å²) >= 11 is 6.07. The Balaban J connectivity index is 2.24. The number of ether oxygens (including phenoxy) is 1. The molecule has 1 fully saturated rings. The Morgan fingerprint density at radius 2 is 2.17 bits per heavy atom. The highest BCUT2D eigenvalue weighted by atomic mass is 35.5. The van der Waals surface area contributed by atoms with Gasteiger partial charge in [-0.05, 0) is 38.9 Å². The van der Waals surface area contributed by atoms with Crippen LogP contribution in [0, 0.1) is 0 Å². The highest BCUT2D eigenvalue weighted by Gasteiger charge is 2.24. The summed E-state index contributed by atoms with van der Waals surface area (Å²) in [5.41, 5.74) is 1.30. The Labute approximate surface area is 114 Å². The van der Waals surface area contributed by atoms with Crippen molar-refractivity contribution in [1.82, 2.24) is 5.32 Å². The summed E-state index contributed by atoms with van der Waals surface area (Å²) in [6.45, 7) is 7.57. The van der Waals surface area contributed by atoms with E-state index >= 15 is 0 Å². The van der Waals surface area contributed by atoms with Crippen molar-refractivity contribution in [3.05, 3.63) is 23.2 Å². The average molecular weight is 269 g/mol. The van der Waals surface area contributed by atoms with Crippen LogP contribution < -0.4 is 15.0 Å². The third kappa shape index (κ3) is 3.09. The van der Waals surface area contributed by atoms with Crippen molar-refractivity contribution < 1.29 is 4.74 Å². The first-order valence-corrected chi connectivity index (χ1v) is 6.73. The van der Waals surface area contributed by atoms with Crippen LogP contribution in [-0.2, 0) is 0 Å². The number of hydrogen-bond donors (Lipinski definition) is 1. The molecule has 4 heteroatoms. The molecule has 1 aliphatic heterocycles. The van der Waals surface area contributed by atoms with Crippen LogP contribution in [0.5, 0.6) is 5.75 Å². The molecule has 0 spiro atoms. The van der Waals surface area contributed by atoms with Crippen molar-refractivity contribution >= 4 is 17.3 Å². The topological polar surface area (TPSA) is 24.5 Å². The van der Waals surface area contributed by atoms with Gasteiger partial charge in [-0.1, -0.05) is 11.6 Å². The fraction of sp³-hybridized carbons (Fsp3) is 0.571. The van der Waals surface area contributed by atoms with Crippen LogP contribution in [0.2, 0.25) is 5.02 Å². The molecule has 18 heavy (non-hydrogen) atoms. The number of methoxy groups -OCH3 is 1. The summed E-state index contributed by atoms with van der Waals surface area (Å²) in [5, 5.41) is 4.22. The average Bonchev–Trinajstić information content (AvgIpc) is 2.51. The van der Waals surface area contributed by atoms with Gasteiger partial charge in [0.25, 0.3) is 0 Å². The predicted molar refractivity (Wildman–Crippen MR) is 76.9 cm³/mol. The van der Waals surface area contributed by atoms with Gasteiger partial charge in [-0.2, -0.15) is 0 Å². The zero-order valence-electron chi connectivity index (χ0n) is 11.3. The van der Waals surface area contributed by atoms with Crippen molar-refractivity contribution in [2.24, 2.45) is 0 Å². The molecule has 1 aliphatic rings. The molecular weight excluding hydrogens is 248 g/mol. The predicted octanol–water partition coefficient (Wildman–Crippen LogP) is 2.93. The van der Waals surface area contributed by atoms with Crippen LogP contribution in [0.1, 0.15) is 20.3 Å². The molecule has 1 aromatic carbocycles. The van der Waals surface area contributed by atoms with Crippen LogP contribution in [0.15, 0.2) is 18.2 Å². The van der Waals surface area contributed by atoms with E-state index in [9.17, 15) is 0 Å². The number of rotatable bonds is 2. The number of benzene rings is 1. The molecule has 0 radical (unpaired) electrons. The first-order valence-electron chi connectivity index (χ1n) is 6.35. The van der Waals surface area contributed by atoms with Crippen LogP contribution in [0.4, 0.5) is 5.69 Å². The van der Waals surface area contributed by atoms with Gasteiger partial charge in [0.2, 0.25) is 0 Å². The largest absolute Gasteiger partial charge is 0.495 e. The molecule has 0 aromatic heterocycles. The third-order valence-electron chi connectivity index (χ3n) is 3.29. The molecule has 2 rings (SSSR count). The Morgan fingerprint density at radius 1 is 1.39 bits per heavy atom. The minimum absolute atomic E-state index is 0.128. The first kappa shape index (κ1) is 13.5. The number of nitrogens with zero attached hydrogens (tertiary/aromatic N) is 1. The maximum atomic E-state index is 6.07.